The first kappa shape index (κ1) is 14.9. The standard InChI is InChI=1S/C15H14FN5O2/c1-10(11-3-5-12(16)6-4-11)19(2)14-8-7-13-17-9-15(21(22)23)20(13)18-14/h3-10H,1-2H3. The monoisotopic (exact) mass is 315 g/mol. The average molecular weight is 315 g/mol. The molecule has 0 bridgehead atoms. The predicted molar refractivity (Wildman–Crippen MR) is 82.9 cm³/mol. The van der Waals surface area contributed by atoms with E-state index in [0.717, 1.165) is 5.56 Å². The van der Waals surface area contributed by atoms with Gasteiger partial charge in [-0.1, -0.05) is 21.7 Å². The van der Waals surface area contributed by atoms with Crippen molar-refractivity contribution in [2.45, 2.75) is 13.0 Å². The summed E-state index contributed by atoms with van der Waals surface area (Å²) < 4.78 is 14.2. The summed E-state index contributed by atoms with van der Waals surface area (Å²) in [4.78, 5) is 16.3. The summed E-state index contributed by atoms with van der Waals surface area (Å²) in [5.74, 6) is 0.0669. The van der Waals surface area contributed by atoms with Gasteiger partial charge in [0.2, 0.25) is 5.65 Å². The van der Waals surface area contributed by atoms with E-state index < -0.39 is 4.92 Å². The molecule has 0 spiro atoms. The van der Waals surface area contributed by atoms with Gasteiger partial charge in [0, 0.05) is 13.1 Å². The number of halogens is 1. The summed E-state index contributed by atoms with van der Waals surface area (Å²) in [6.45, 7) is 1.95. The molecule has 3 rings (SSSR count). The Bertz CT molecular complexity index is 862. The molecule has 118 valence electrons. The maximum absolute atomic E-state index is 13.0. The Balaban J connectivity index is 1.96. The number of imidazole rings is 1. The number of nitro groups is 1. The van der Waals surface area contributed by atoms with Gasteiger partial charge in [-0.15, -0.1) is 0 Å². The minimum Gasteiger partial charge on any atom is -0.358 e. The molecule has 0 aliphatic rings. The summed E-state index contributed by atoms with van der Waals surface area (Å²) in [5, 5.41) is 15.3. The minimum absolute atomic E-state index is 0.0804. The molecule has 0 radical (unpaired) electrons. The van der Waals surface area contributed by atoms with Crippen molar-refractivity contribution in [2.75, 3.05) is 11.9 Å². The summed E-state index contributed by atoms with van der Waals surface area (Å²) in [6.07, 6.45) is 1.18. The molecule has 0 saturated heterocycles. The van der Waals surface area contributed by atoms with Gasteiger partial charge >= 0.3 is 5.82 Å². The van der Waals surface area contributed by atoms with Crippen molar-refractivity contribution < 1.29 is 9.31 Å². The third-order valence-electron chi connectivity index (χ3n) is 3.81. The van der Waals surface area contributed by atoms with Crippen LogP contribution in [0.25, 0.3) is 5.65 Å². The molecule has 7 nitrogen and oxygen atoms in total. The molecule has 0 aliphatic heterocycles. The lowest BCUT2D eigenvalue weighted by Crippen LogP contribution is -2.23. The van der Waals surface area contributed by atoms with Crippen LogP contribution in [0.2, 0.25) is 0 Å². The zero-order valence-corrected chi connectivity index (χ0v) is 12.5. The zero-order valence-electron chi connectivity index (χ0n) is 12.5. The molecule has 23 heavy (non-hydrogen) atoms. The third kappa shape index (κ3) is 2.70. The van der Waals surface area contributed by atoms with E-state index in [9.17, 15) is 14.5 Å². The molecule has 0 N–H and O–H groups in total. The van der Waals surface area contributed by atoms with E-state index in [1.165, 1.54) is 22.8 Å². The summed E-state index contributed by atoms with van der Waals surface area (Å²) >= 11 is 0. The van der Waals surface area contributed by atoms with Gasteiger partial charge in [0.25, 0.3) is 0 Å². The van der Waals surface area contributed by atoms with Crippen molar-refractivity contribution in [3.63, 3.8) is 0 Å². The van der Waals surface area contributed by atoms with E-state index in [0.29, 0.717) is 11.5 Å². The fourth-order valence-corrected chi connectivity index (χ4v) is 2.33. The molecule has 1 atom stereocenters. The lowest BCUT2D eigenvalue weighted by Gasteiger charge is -2.25. The molecule has 0 fully saturated rings. The zero-order chi connectivity index (χ0) is 16.6. The largest absolute Gasteiger partial charge is 0.368 e. The van der Waals surface area contributed by atoms with Gasteiger partial charge in [-0.2, -0.15) is 0 Å². The fourth-order valence-electron chi connectivity index (χ4n) is 2.33. The smallest absolute Gasteiger partial charge is 0.358 e. The van der Waals surface area contributed by atoms with Crippen LogP contribution in [0.1, 0.15) is 18.5 Å². The molecule has 2 aromatic heterocycles. The second-order valence-corrected chi connectivity index (χ2v) is 5.17. The van der Waals surface area contributed by atoms with Crippen molar-refractivity contribution in [3.05, 3.63) is 64.1 Å². The average Bonchev–Trinajstić information content (AvgIpc) is 2.97. The van der Waals surface area contributed by atoms with Crippen molar-refractivity contribution in [2.24, 2.45) is 0 Å². The van der Waals surface area contributed by atoms with E-state index in [2.05, 4.69) is 10.1 Å². The highest BCUT2D eigenvalue weighted by atomic mass is 19.1. The van der Waals surface area contributed by atoms with Crippen LogP contribution in [-0.2, 0) is 0 Å². The van der Waals surface area contributed by atoms with Crippen molar-refractivity contribution in [1.82, 2.24) is 14.6 Å². The van der Waals surface area contributed by atoms with Gasteiger partial charge in [-0.3, -0.25) is 0 Å². The highest BCUT2D eigenvalue weighted by molar-refractivity contribution is 5.50. The maximum Gasteiger partial charge on any atom is 0.368 e. The van der Waals surface area contributed by atoms with Gasteiger partial charge in [-0.25, -0.2) is 9.37 Å². The number of nitrogens with zero attached hydrogens (tertiary/aromatic N) is 5. The van der Waals surface area contributed by atoms with Crippen molar-refractivity contribution in [1.29, 1.82) is 0 Å². The molecule has 1 unspecified atom stereocenters. The van der Waals surface area contributed by atoms with Crippen LogP contribution in [0.3, 0.4) is 0 Å². The topological polar surface area (TPSA) is 76.6 Å². The highest BCUT2D eigenvalue weighted by Crippen LogP contribution is 2.25. The molecular weight excluding hydrogens is 301 g/mol. The minimum atomic E-state index is -0.528. The second-order valence-electron chi connectivity index (χ2n) is 5.17. The van der Waals surface area contributed by atoms with E-state index in [1.54, 1.807) is 24.3 Å². The van der Waals surface area contributed by atoms with Crippen LogP contribution in [0.4, 0.5) is 16.0 Å². The molecule has 3 aromatic rings. The lowest BCUT2D eigenvalue weighted by atomic mass is 10.1. The molecule has 0 saturated carbocycles. The summed E-state index contributed by atoms with van der Waals surface area (Å²) in [6, 6.07) is 9.54. The summed E-state index contributed by atoms with van der Waals surface area (Å²) in [5.41, 5.74) is 1.32. The van der Waals surface area contributed by atoms with Crippen LogP contribution in [0.5, 0.6) is 0 Å². The number of aromatic nitrogens is 3. The lowest BCUT2D eigenvalue weighted by molar-refractivity contribution is -0.391. The first-order valence-electron chi connectivity index (χ1n) is 6.95. The molecule has 2 heterocycles. The first-order chi connectivity index (χ1) is 11.0. The number of hydrogen-bond donors (Lipinski definition) is 0. The number of fused-ring (bicyclic) bond motifs is 1. The SMILES string of the molecule is CC(c1ccc(F)cc1)N(C)c1ccc2ncc([N+](=O)[O-])n2n1. The predicted octanol–water partition coefficient (Wildman–Crippen LogP) is 2.97. The third-order valence-corrected chi connectivity index (χ3v) is 3.81. The highest BCUT2D eigenvalue weighted by Gasteiger charge is 2.19. The Hall–Kier alpha value is -3.03. The molecule has 1 aromatic carbocycles. The van der Waals surface area contributed by atoms with Crippen LogP contribution >= 0.6 is 0 Å². The number of hydrogen-bond acceptors (Lipinski definition) is 5. The first-order valence-corrected chi connectivity index (χ1v) is 6.95. The van der Waals surface area contributed by atoms with Crippen LogP contribution in [0.15, 0.2) is 42.6 Å². The van der Waals surface area contributed by atoms with E-state index in [-0.39, 0.29) is 17.7 Å². The van der Waals surface area contributed by atoms with Gasteiger partial charge in [0.05, 0.1) is 6.04 Å². The summed E-state index contributed by atoms with van der Waals surface area (Å²) in [7, 11) is 1.82. The Morgan fingerprint density at radius 1 is 1.26 bits per heavy atom. The Kier molecular flexibility index (Phi) is 3.65. The van der Waals surface area contributed by atoms with Gasteiger partial charge in [-0.05, 0) is 35.6 Å². The van der Waals surface area contributed by atoms with E-state index in [4.69, 9.17) is 0 Å². The van der Waals surface area contributed by atoms with E-state index >= 15 is 0 Å². The van der Waals surface area contributed by atoms with Gasteiger partial charge < -0.3 is 15.0 Å². The molecular formula is C15H14FN5O2. The normalized spacial score (nSPS) is 12.3. The molecule has 8 heteroatoms. The Morgan fingerprint density at radius 3 is 2.61 bits per heavy atom. The van der Waals surface area contributed by atoms with E-state index in [1.807, 2.05) is 18.9 Å². The van der Waals surface area contributed by atoms with Crippen molar-refractivity contribution in [3.8, 4) is 0 Å². The van der Waals surface area contributed by atoms with Crippen LogP contribution in [0, 0.1) is 15.9 Å². The number of benzene rings is 1. The molecule has 0 aliphatic carbocycles. The Morgan fingerprint density at radius 2 is 1.96 bits per heavy atom. The van der Waals surface area contributed by atoms with Crippen LogP contribution < -0.4 is 4.90 Å². The van der Waals surface area contributed by atoms with Crippen molar-refractivity contribution >= 4 is 17.3 Å². The molecule has 0 amide bonds. The quantitative estimate of drug-likeness (QED) is 0.546. The maximum atomic E-state index is 13.0. The Labute approximate surface area is 131 Å². The van der Waals surface area contributed by atoms with Crippen LogP contribution in [-0.4, -0.2) is 26.6 Å². The number of anilines is 1. The second kappa shape index (κ2) is 5.64. The number of rotatable bonds is 4. The fraction of sp³-hybridized carbons (Fsp3) is 0.200. The van der Waals surface area contributed by atoms with Gasteiger partial charge in [0.1, 0.15) is 12.0 Å². The van der Waals surface area contributed by atoms with Gasteiger partial charge in [0.15, 0.2) is 5.82 Å².